The third kappa shape index (κ3) is 3.36. The number of ether oxygens (including phenoxy) is 1. The zero-order valence-corrected chi connectivity index (χ0v) is 11.8. The van der Waals surface area contributed by atoms with E-state index in [-0.39, 0.29) is 11.8 Å². The van der Waals surface area contributed by atoms with Crippen LogP contribution in [-0.2, 0) is 4.74 Å². The Balaban J connectivity index is 2.20. The normalized spacial score (nSPS) is 18.0. The van der Waals surface area contributed by atoms with E-state index in [1.807, 2.05) is 14.0 Å². The van der Waals surface area contributed by atoms with Gasteiger partial charge in [-0.15, -0.1) is 0 Å². The van der Waals surface area contributed by atoms with Gasteiger partial charge in [-0.05, 0) is 25.8 Å². The number of rotatable bonds is 6. The van der Waals surface area contributed by atoms with Gasteiger partial charge in [-0.1, -0.05) is 0 Å². The monoisotopic (exact) mass is 280 g/mol. The molecule has 0 radical (unpaired) electrons. The van der Waals surface area contributed by atoms with Crippen LogP contribution in [0.25, 0.3) is 0 Å². The van der Waals surface area contributed by atoms with Crippen LogP contribution in [0.5, 0.6) is 0 Å². The highest BCUT2D eigenvalue weighted by Gasteiger charge is 2.24. The third-order valence-corrected chi connectivity index (χ3v) is 3.27. The summed E-state index contributed by atoms with van der Waals surface area (Å²) in [7, 11) is 1.81. The fourth-order valence-corrected chi connectivity index (χ4v) is 2.32. The van der Waals surface area contributed by atoms with Crippen LogP contribution < -0.4 is 10.2 Å². The Kier molecular flexibility index (Phi) is 4.73. The molecule has 0 aromatic carbocycles. The average Bonchev–Trinajstić information content (AvgIpc) is 2.91. The van der Waals surface area contributed by atoms with Crippen LogP contribution in [0.1, 0.15) is 19.8 Å². The molecule has 1 aliphatic heterocycles. The molecular weight excluding hydrogens is 260 g/mol. The molecule has 1 atom stereocenters. The van der Waals surface area contributed by atoms with E-state index in [9.17, 15) is 10.1 Å². The second-order valence-corrected chi connectivity index (χ2v) is 4.84. The smallest absolute Gasteiger partial charge is 0.311 e. The summed E-state index contributed by atoms with van der Waals surface area (Å²) in [5.41, 5.74) is 0.0205. The number of nitrogens with zero attached hydrogens (tertiary/aromatic N) is 3. The number of hydrogen-bond donors (Lipinski definition) is 1. The van der Waals surface area contributed by atoms with Gasteiger partial charge < -0.3 is 15.0 Å². The quantitative estimate of drug-likeness (QED) is 0.634. The first kappa shape index (κ1) is 14.5. The van der Waals surface area contributed by atoms with Crippen molar-refractivity contribution in [3.05, 3.63) is 22.2 Å². The molecule has 1 saturated heterocycles. The number of likely N-dealkylation sites (N-methyl/N-ethyl adjacent to an activating group) is 1. The van der Waals surface area contributed by atoms with Gasteiger partial charge in [-0.3, -0.25) is 10.1 Å². The molecule has 1 aromatic rings. The SMILES string of the molecule is CCNc1ccc([N+](=O)[O-])c(N(C)CC2CCCO2)n1. The van der Waals surface area contributed by atoms with Gasteiger partial charge in [0.25, 0.3) is 0 Å². The Hall–Kier alpha value is -1.89. The predicted molar refractivity (Wildman–Crippen MR) is 77.3 cm³/mol. The lowest BCUT2D eigenvalue weighted by Crippen LogP contribution is -2.29. The minimum absolute atomic E-state index is 0.0205. The lowest BCUT2D eigenvalue weighted by Gasteiger charge is -2.22. The van der Waals surface area contributed by atoms with E-state index in [1.165, 1.54) is 6.07 Å². The molecule has 0 spiro atoms. The molecule has 0 amide bonds. The van der Waals surface area contributed by atoms with Crippen molar-refractivity contribution in [1.82, 2.24) is 4.98 Å². The maximum atomic E-state index is 11.1. The largest absolute Gasteiger partial charge is 0.376 e. The molecule has 7 nitrogen and oxygen atoms in total. The van der Waals surface area contributed by atoms with Crippen LogP contribution in [0.4, 0.5) is 17.3 Å². The molecule has 2 rings (SSSR count). The van der Waals surface area contributed by atoms with Crippen LogP contribution in [0.2, 0.25) is 0 Å². The van der Waals surface area contributed by atoms with Crippen LogP contribution >= 0.6 is 0 Å². The topological polar surface area (TPSA) is 80.5 Å². The van der Waals surface area contributed by atoms with E-state index in [1.54, 1.807) is 11.0 Å². The number of nitro groups is 1. The van der Waals surface area contributed by atoms with E-state index in [2.05, 4.69) is 10.3 Å². The average molecular weight is 280 g/mol. The van der Waals surface area contributed by atoms with Crippen molar-refractivity contribution < 1.29 is 9.66 Å². The molecule has 1 unspecified atom stereocenters. The summed E-state index contributed by atoms with van der Waals surface area (Å²) in [6.45, 7) is 4.06. The summed E-state index contributed by atoms with van der Waals surface area (Å²) in [4.78, 5) is 16.9. The van der Waals surface area contributed by atoms with E-state index in [0.717, 1.165) is 26.0 Å². The molecule has 1 fully saturated rings. The van der Waals surface area contributed by atoms with Crippen LogP contribution in [0.3, 0.4) is 0 Å². The van der Waals surface area contributed by atoms with E-state index < -0.39 is 4.92 Å². The second-order valence-electron chi connectivity index (χ2n) is 4.84. The first-order valence-corrected chi connectivity index (χ1v) is 6.84. The Morgan fingerprint density at radius 2 is 2.40 bits per heavy atom. The first-order valence-electron chi connectivity index (χ1n) is 6.84. The van der Waals surface area contributed by atoms with Crippen molar-refractivity contribution >= 4 is 17.3 Å². The lowest BCUT2D eigenvalue weighted by atomic mass is 10.2. The van der Waals surface area contributed by atoms with Crippen molar-refractivity contribution in [2.45, 2.75) is 25.9 Å². The molecule has 0 saturated carbocycles. The van der Waals surface area contributed by atoms with Crippen LogP contribution in [0, 0.1) is 10.1 Å². The van der Waals surface area contributed by atoms with Crippen LogP contribution in [-0.4, -0.2) is 42.8 Å². The second kappa shape index (κ2) is 6.51. The van der Waals surface area contributed by atoms with Gasteiger partial charge >= 0.3 is 5.69 Å². The van der Waals surface area contributed by atoms with Crippen molar-refractivity contribution in [3.8, 4) is 0 Å². The van der Waals surface area contributed by atoms with E-state index >= 15 is 0 Å². The van der Waals surface area contributed by atoms with Gasteiger partial charge in [0.2, 0.25) is 5.82 Å². The minimum Gasteiger partial charge on any atom is -0.376 e. The summed E-state index contributed by atoms with van der Waals surface area (Å²) in [5, 5.41) is 14.2. The number of anilines is 2. The molecule has 110 valence electrons. The Morgan fingerprint density at radius 1 is 1.60 bits per heavy atom. The molecule has 7 heteroatoms. The van der Waals surface area contributed by atoms with Gasteiger partial charge in [0, 0.05) is 32.8 Å². The maximum absolute atomic E-state index is 11.1. The number of aromatic nitrogens is 1. The zero-order valence-electron chi connectivity index (χ0n) is 11.8. The van der Waals surface area contributed by atoms with Gasteiger partial charge in [-0.25, -0.2) is 4.98 Å². The van der Waals surface area contributed by atoms with Crippen LogP contribution in [0.15, 0.2) is 12.1 Å². The molecule has 0 bridgehead atoms. The van der Waals surface area contributed by atoms with E-state index in [0.29, 0.717) is 18.2 Å². The summed E-state index contributed by atoms with van der Waals surface area (Å²) >= 11 is 0. The highest BCUT2D eigenvalue weighted by Crippen LogP contribution is 2.28. The fraction of sp³-hybridized carbons (Fsp3) is 0.615. The summed E-state index contributed by atoms with van der Waals surface area (Å²) < 4.78 is 5.57. The maximum Gasteiger partial charge on any atom is 0.311 e. The minimum atomic E-state index is -0.399. The van der Waals surface area contributed by atoms with Gasteiger partial charge in [0.15, 0.2) is 0 Å². The highest BCUT2D eigenvalue weighted by atomic mass is 16.6. The van der Waals surface area contributed by atoms with Crippen molar-refractivity contribution in [2.24, 2.45) is 0 Å². The molecule has 20 heavy (non-hydrogen) atoms. The Morgan fingerprint density at radius 3 is 3.00 bits per heavy atom. The summed E-state index contributed by atoms with van der Waals surface area (Å²) in [6.07, 6.45) is 2.17. The molecule has 1 N–H and O–H groups in total. The van der Waals surface area contributed by atoms with Gasteiger partial charge in [0.05, 0.1) is 11.0 Å². The molecule has 1 aliphatic rings. The number of nitrogens with one attached hydrogen (secondary N) is 1. The summed E-state index contributed by atoms with van der Waals surface area (Å²) in [5.74, 6) is 1.02. The Labute approximate surface area is 118 Å². The van der Waals surface area contributed by atoms with Crippen molar-refractivity contribution in [1.29, 1.82) is 0 Å². The molecule has 0 aliphatic carbocycles. The van der Waals surface area contributed by atoms with Gasteiger partial charge in [0.1, 0.15) is 5.82 Å². The third-order valence-electron chi connectivity index (χ3n) is 3.27. The van der Waals surface area contributed by atoms with Crippen molar-refractivity contribution in [3.63, 3.8) is 0 Å². The Bertz CT molecular complexity index is 475. The lowest BCUT2D eigenvalue weighted by molar-refractivity contribution is -0.384. The molecule has 1 aromatic heterocycles. The standard InChI is InChI=1S/C13H20N4O3/c1-3-14-12-7-6-11(17(18)19)13(15-12)16(2)9-10-5-4-8-20-10/h6-7,10H,3-5,8-9H2,1-2H3,(H,14,15). The van der Waals surface area contributed by atoms with E-state index in [4.69, 9.17) is 4.74 Å². The zero-order chi connectivity index (χ0) is 14.5. The molecular formula is C13H20N4O3. The first-order chi connectivity index (χ1) is 9.61. The van der Waals surface area contributed by atoms with Gasteiger partial charge in [-0.2, -0.15) is 0 Å². The number of pyridine rings is 1. The highest BCUT2D eigenvalue weighted by molar-refractivity contribution is 5.61. The predicted octanol–water partition coefficient (Wildman–Crippen LogP) is 2.04. The molecule has 2 heterocycles. The summed E-state index contributed by atoms with van der Waals surface area (Å²) in [6, 6.07) is 3.12. The fourth-order valence-electron chi connectivity index (χ4n) is 2.32. The van der Waals surface area contributed by atoms with Crippen molar-refractivity contribution in [2.75, 3.05) is 37.0 Å². The number of hydrogen-bond acceptors (Lipinski definition) is 6.